The molecule has 0 spiro atoms. The molecular formula is C25H33ClN4O3S3. The van der Waals surface area contributed by atoms with Crippen LogP contribution in [-0.2, 0) is 10.0 Å². The molecule has 1 saturated heterocycles. The maximum Gasteiger partial charge on any atom is 0.260 e. The van der Waals surface area contributed by atoms with Crippen LogP contribution in [0.3, 0.4) is 0 Å². The number of piperidine rings is 1. The lowest BCUT2D eigenvalue weighted by atomic mass is 10.0. The first kappa shape index (κ1) is 28.9. The highest BCUT2D eigenvalue weighted by molar-refractivity contribution is 7.98. The van der Waals surface area contributed by atoms with Crippen molar-refractivity contribution >= 4 is 66.8 Å². The molecule has 1 amide bonds. The molecule has 1 aliphatic heterocycles. The molecule has 1 aliphatic rings. The van der Waals surface area contributed by atoms with Crippen molar-refractivity contribution in [1.82, 2.24) is 14.2 Å². The molecule has 36 heavy (non-hydrogen) atoms. The second kappa shape index (κ2) is 12.2. The predicted octanol–water partition coefficient (Wildman–Crippen LogP) is 5.07. The standard InChI is InChI=1S/C25H32N4O3S3.ClH/c1-18-6-5-13-28(17-18)35(31,32)21-10-7-19(8-11-21)24(30)29(15-14-27(2)3)25-26-22-12-9-20(33-4)16-23(22)34-25;/h7-12,16,18H,5-6,13-15,17H2,1-4H3;1H. The lowest BCUT2D eigenvalue weighted by molar-refractivity contribution is 0.0985. The molecule has 0 radical (unpaired) electrons. The van der Waals surface area contributed by atoms with Crippen LogP contribution in [-0.4, -0.2) is 75.0 Å². The quantitative estimate of drug-likeness (QED) is 0.353. The van der Waals surface area contributed by atoms with Gasteiger partial charge in [0.2, 0.25) is 10.0 Å². The third-order valence-electron chi connectivity index (χ3n) is 6.19. The highest BCUT2D eigenvalue weighted by Crippen LogP contribution is 2.32. The number of hydrogen-bond donors (Lipinski definition) is 0. The summed E-state index contributed by atoms with van der Waals surface area (Å²) >= 11 is 3.17. The first-order chi connectivity index (χ1) is 16.7. The van der Waals surface area contributed by atoms with E-state index in [1.54, 1.807) is 45.2 Å². The number of fused-ring (bicyclic) bond motifs is 1. The van der Waals surface area contributed by atoms with E-state index >= 15 is 0 Å². The Balaban J connectivity index is 0.00000361. The molecule has 0 aliphatic carbocycles. The molecule has 1 unspecified atom stereocenters. The van der Waals surface area contributed by atoms with E-state index in [1.165, 1.54) is 11.3 Å². The minimum absolute atomic E-state index is 0. The summed E-state index contributed by atoms with van der Waals surface area (Å²) in [6, 6.07) is 12.4. The Bertz CT molecular complexity index is 1300. The van der Waals surface area contributed by atoms with Crippen molar-refractivity contribution in [2.45, 2.75) is 29.6 Å². The van der Waals surface area contributed by atoms with Gasteiger partial charge in [0.15, 0.2) is 5.13 Å². The third kappa shape index (κ3) is 6.41. The molecular weight excluding hydrogens is 536 g/mol. The van der Waals surface area contributed by atoms with Gasteiger partial charge in [-0.1, -0.05) is 18.3 Å². The SMILES string of the molecule is CSc1ccc2nc(N(CCN(C)C)C(=O)c3ccc(S(=O)(=O)N4CCCC(C)C4)cc3)sc2c1.Cl. The predicted molar refractivity (Wildman–Crippen MR) is 152 cm³/mol. The summed E-state index contributed by atoms with van der Waals surface area (Å²) in [5, 5.41) is 0.643. The van der Waals surface area contributed by atoms with E-state index in [2.05, 4.69) is 13.0 Å². The molecule has 7 nitrogen and oxygen atoms in total. The maximum atomic E-state index is 13.6. The van der Waals surface area contributed by atoms with Gasteiger partial charge in [0.1, 0.15) is 0 Å². The molecule has 0 bridgehead atoms. The molecule has 0 N–H and O–H groups in total. The summed E-state index contributed by atoms with van der Waals surface area (Å²) in [6.45, 7) is 4.32. The van der Waals surface area contributed by atoms with Crippen LogP contribution in [0.25, 0.3) is 10.2 Å². The fraction of sp³-hybridized carbons (Fsp3) is 0.440. The molecule has 196 valence electrons. The number of halogens is 1. The number of thiazole rings is 1. The second-order valence-corrected chi connectivity index (χ2v) is 13.1. The molecule has 3 aromatic rings. The van der Waals surface area contributed by atoms with E-state index in [4.69, 9.17) is 4.98 Å². The first-order valence-electron chi connectivity index (χ1n) is 11.7. The summed E-state index contributed by atoms with van der Waals surface area (Å²) in [5.74, 6) is 0.164. The van der Waals surface area contributed by atoms with Gasteiger partial charge >= 0.3 is 0 Å². The number of benzene rings is 2. The van der Waals surface area contributed by atoms with Crippen LogP contribution in [0.15, 0.2) is 52.3 Å². The lowest BCUT2D eigenvalue weighted by Crippen LogP contribution is -2.39. The average molecular weight is 569 g/mol. The van der Waals surface area contributed by atoms with Crippen molar-refractivity contribution in [2.24, 2.45) is 5.92 Å². The van der Waals surface area contributed by atoms with Gasteiger partial charge in [0.05, 0.1) is 15.1 Å². The number of aromatic nitrogens is 1. The van der Waals surface area contributed by atoms with Gasteiger partial charge in [0.25, 0.3) is 5.91 Å². The molecule has 1 atom stereocenters. The summed E-state index contributed by atoms with van der Waals surface area (Å²) in [5.41, 5.74) is 1.31. The first-order valence-corrected chi connectivity index (χ1v) is 15.2. The fourth-order valence-corrected chi connectivity index (χ4v) is 7.30. The molecule has 1 fully saturated rings. The molecule has 2 heterocycles. The normalized spacial score (nSPS) is 16.8. The third-order valence-corrected chi connectivity index (χ3v) is 9.84. The van der Waals surface area contributed by atoms with E-state index in [-0.39, 0.29) is 23.2 Å². The second-order valence-electron chi connectivity index (χ2n) is 9.22. The maximum absolute atomic E-state index is 13.6. The smallest absolute Gasteiger partial charge is 0.260 e. The molecule has 0 saturated carbocycles. The minimum Gasteiger partial charge on any atom is -0.308 e. The number of sulfonamides is 1. The van der Waals surface area contributed by atoms with Crippen LogP contribution < -0.4 is 4.90 Å². The summed E-state index contributed by atoms with van der Waals surface area (Å²) in [7, 11) is 0.365. The number of likely N-dealkylation sites (N-methyl/N-ethyl adjacent to an activating group) is 1. The summed E-state index contributed by atoms with van der Waals surface area (Å²) in [6.07, 6.45) is 3.96. The van der Waals surface area contributed by atoms with Gasteiger partial charge < -0.3 is 4.90 Å². The van der Waals surface area contributed by atoms with Crippen molar-refractivity contribution < 1.29 is 13.2 Å². The van der Waals surface area contributed by atoms with Gasteiger partial charge in [-0.15, -0.1) is 24.2 Å². The van der Waals surface area contributed by atoms with Gasteiger partial charge in [-0.05, 0) is 81.6 Å². The Morgan fingerprint density at radius 2 is 1.89 bits per heavy atom. The highest BCUT2D eigenvalue weighted by atomic mass is 35.5. The van der Waals surface area contributed by atoms with Crippen molar-refractivity contribution in [1.29, 1.82) is 0 Å². The topological polar surface area (TPSA) is 73.8 Å². The van der Waals surface area contributed by atoms with E-state index < -0.39 is 10.0 Å². The Morgan fingerprint density at radius 3 is 2.53 bits per heavy atom. The van der Waals surface area contributed by atoms with Crippen LogP contribution in [0.1, 0.15) is 30.1 Å². The van der Waals surface area contributed by atoms with Gasteiger partial charge in [0, 0.05) is 36.6 Å². The zero-order chi connectivity index (χ0) is 25.2. The van der Waals surface area contributed by atoms with Crippen molar-refractivity contribution in [3.63, 3.8) is 0 Å². The Labute approximate surface area is 228 Å². The van der Waals surface area contributed by atoms with Gasteiger partial charge in [-0.3, -0.25) is 9.69 Å². The Hall–Kier alpha value is -1.69. The van der Waals surface area contributed by atoms with Crippen LogP contribution in [0, 0.1) is 5.92 Å². The number of carbonyl (C=O) groups is 1. The van der Waals surface area contributed by atoms with Crippen molar-refractivity contribution in [3.8, 4) is 0 Å². The van der Waals surface area contributed by atoms with Gasteiger partial charge in [-0.2, -0.15) is 4.31 Å². The molecule has 4 rings (SSSR count). The molecule has 11 heteroatoms. The monoisotopic (exact) mass is 568 g/mol. The fourth-order valence-electron chi connectivity index (χ4n) is 4.16. The number of rotatable bonds is 8. The Morgan fingerprint density at radius 1 is 1.17 bits per heavy atom. The van der Waals surface area contributed by atoms with Crippen molar-refractivity contribution in [2.75, 3.05) is 51.4 Å². The van der Waals surface area contributed by atoms with Crippen LogP contribution >= 0.6 is 35.5 Å². The minimum atomic E-state index is -3.57. The number of thioether (sulfide) groups is 1. The Kier molecular flexibility index (Phi) is 9.81. The average Bonchev–Trinajstić information content (AvgIpc) is 3.26. The number of carbonyl (C=O) groups excluding carboxylic acids is 1. The highest BCUT2D eigenvalue weighted by Gasteiger charge is 2.29. The summed E-state index contributed by atoms with van der Waals surface area (Å²) in [4.78, 5) is 23.4. The largest absolute Gasteiger partial charge is 0.308 e. The van der Waals surface area contributed by atoms with Crippen LogP contribution in [0.4, 0.5) is 5.13 Å². The zero-order valence-electron chi connectivity index (χ0n) is 21.0. The van der Waals surface area contributed by atoms with Gasteiger partial charge in [-0.25, -0.2) is 13.4 Å². The van der Waals surface area contributed by atoms with E-state index in [0.29, 0.717) is 42.8 Å². The summed E-state index contributed by atoms with van der Waals surface area (Å²) < 4.78 is 28.8. The number of hydrogen-bond acceptors (Lipinski definition) is 7. The van der Waals surface area contributed by atoms with Crippen molar-refractivity contribution in [3.05, 3.63) is 48.0 Å². The zero-order valence-corrected chi connectivity index (χ0v) is 24.3. The number of amides is 1. The van der Waals surface area contributed by atoms with E-state index in [0.717, 1.165) is 28.0 Å². The van der Waals surface area contributed by atoms with Crippen LogP contribution in [0.5, 0.6) is 0 Å². The number of nitrogens with zero attached hydrogens (tertiary/aromatic N) is 4. The molecule has 2 aromatic carbocycles. The number of anilines is 1. The molecule has 1 aromatic heterocycles. The lowest BCUT2D eigenvalue weighted by Gasteiger charge is -2.30. The van der Waals surface area contributed by atoms with E-state index in [1.807, 2.05) is 37.4 Å². The van der Waals surface area contributed by atoms with E-state index in [9.17, 15) is 13.2 Å². The van der Waals surface area contributed by atoms with Crippen LogP contribution in [0.2, 0.25) is 0 Å².